The van der Waals surface area contributed by atoms with Crippen LogP contribution in [0.4, 0.5) is 0 Å². The monoisotopic (exact) mass is 224 g/mol. The second kappa shape index (κ2) is 8.83. The van der Waals surface area contributed by atoms with Crippen LogP contribution in [0.2, 0.25) is 0 Å². The molecule has 0 saturated heterocycles. The van der Waals surface area contributed by atoms with Crippen LogP contribution < -0.4 is 0 Å². The molecule has 0 rings (SSSR count). The number of halogens is 2. The fourth-order valence-corrected chi connectivity index (χ4v) is 1.43. The number of rotatable bonds is 8. The highest BCUT2D eigenvalue weighted by molar-refractivity contribution is 6.28. The molecule has 1 unspecified atom stereocenters. The van der Waals surface area contributed by atoms with Crippen molar-refractivity contribution in [3.05, 3.63) is 0 Å². The number of hydrogen-bond acceptors (Lipinski definition) is 1. The molecule has 0 spiro atoms. The Bertz CT molecular complexity index is 137. The fraction of sp³-hybridized carbons (Fsp3) is 0.900. The molecule has 0 aromatic heterocycles. The van der Waals surface area contributed by atoms with E-state index in [0.29, 0.717) is 18.7 Å². The SMILES string of the molecule is CCCCCCC(=O)CC(Cl)CCl. The van der Waals surface area contributed by atoms with Gasteiger partial charge in [0.2, 0.25) is 0 Å². The second-order valence-electron chi connectivity index (χ2n) is 3.31. The molecule has 0 N–H and O–H groups in total. The van der Waals surface area contributed by atoms with Crippen molar-refractivity contribution in [3.8, 4) is 0 Å². The highest BCUT2D eigenvalue weighted by atomic mass is 35.5. The van der Waals surface area contributed by atoms with E-state index < -0.39 is 0 Å². The zero-order chi connectivity index (χ0) is 10.1. The van der Waals surface area contributed by atoms with E-state index in [-0.39, 0.29) is 11.2 Å². The lowest BCUT2D eigenvalue weighted by Crippen LogP contribution is -2.09. The van der Waals surface area contributed by atoms with Gasteiger partial charge in [-0.2, -0.15) is 0 Å². The predicted octanol–water partition coefficient (Wildman–Crippen LogP) is 3.76. The molecule has 0 aliphatic carbocycles. The predicted molar refractivity (Wildman–Crippen MR) is 58.7 cm³/mol. The van der Waals surface area contributed by atoms with Crippen LogP contribution in [0.1, 0.15) is 45.4 Å². The molecule has 3 heteroatoms. The highest BCUT2D eigenvalue weighted by Crippen LogP contribution is 2.09. The Labute approximate surface area is 90.8 Å². The zero-order valence-corrected chi connectivity index (χ0v) is 9.70. The van der Waals surface area contributed by atoms with Gasteiger partial charge in [0.15, 0.2) is 0 Å². The molecule has 0 bridgehead atoms. The molecule has 78 valence electrons. The van der Waals surface area contributed by atoms with Crippen molar-refractivity contribution >= 4 is 29.0 Å². The van der Waals surface area contributed by atoms with Crippen LogP contribution in [0.3, 0.4) is 0 Å². The normalized spacial score (nSPS) is 12.8. The summed E-state index contributed by atoms with van der Waals surface area (Å²) in [6.07, 6.45) is 5.66. The minimum absolute atomic E-state index is 0.180. The lowest BCUT2D eigenvalue weighted by molar-refractivity contribution is -0.119. The number of alkyl halides is 2. The quantitative estimate of drug-likeness (QED) is 0.454. The topological polar surface area (TPSA) is 17.1 Å². The van der Waals surface area contributed by atoms with Gasteiger partial charge in [-0.3, -0.25) is 4.79 Å². The van der Waals surface area contributed by atoms with E-state index >= 15 is 0 Å². The maximum absolute atomic E-state index is 11.2. The lowest BCUT2D eigenvalue weighted by Gasteiger charge is -2.03. The third kappa shape index (κ3) is 8.58. The minimum Gasteiger partial charge on any atom is -0.300 e. The first kappa shape index (κ1) is 13.2. The number of hydrogen-bond donors (Lipinski definition) is 0. The van der Waals surface area contributed by atoms with Gasteiger partial charge in [0, 0.05) is 18.7 Å². The van der Waals surface area contributed by atoms with Crippen molar-refractivity contribution in [2.24, 2.45) is 0 Å². The van der Waals surface area contributed by atoms with E-state index in [0.717, 1.165) is 12.8 Å². The zero-order valence-electron chi connectivity index (χ0n) is 8.19. The Morgan fingerprint density at radius 2 is 2.00 bits per heavy atom. The Kier molecular flexibility index (Phi) is 9.00. The molecule has 0 radical (unpaired) electrons. The first-order valence-electron chi connectivity index (χ1n) is 4.92. The maximum atomic E-state index is 11.2. The number of Topliss-reactive ketones (excluding diaryl/α,β-unsaturated/α-hetero) is 1. The number of carbonyl (C=O) groups excluding carboxylic acids is 1. The van der Waals surface area contributed by atoms with Gasteiger partial charge in [-0.1, -0.05) is 26.2 Å². The van der Waals surface area contributed by atoms with Crippen LogP contribution >= 0.6 is 23.2 Å². The van der Waals surface area contributed by atoms with Crippen molar-refractivity contribution in [1.29, 1.82) is 0 Å². The van der Waals surface area contributed by atoms with E-state index in [4.69, 9.17) is 23.2 Å². The minimum atomic E-state index is -0.180. The third-order valence-corrected chi connectivity index (χ3v) is 2.76. The van der Waals surface area contributed by atoms with Crippen LogP contribution in [0.15, 0.2) is 0 Å². The van der Waals surface area contributed by atoms with Gasteiger partial charge in [-0.15, -0.1) is 23.2 Å². The summed E-state index contributed by atoms with van der Waals surface area (Å²) in [5.41, 5.74) is 0. The van der Waals surface area contributed by atoms with Crippen molar-refractivity contribution < 1.29 is 4.79 Å². The van der Waals surface area contributed by atoms with E-state index in [2.05, 4.69) is 6.92 Å². The van der Waals surface area contributed by atoms with Gasteiger partial charge in [0.05, 0.1) is 5.38 Å². The third-order valence-electron chi connectivity index (χ3n) is 1.93. The number of unbranched alkanes of at least 4 members (excludes halogenated alkanes) is 3. The summed E-state index contributed by atoms with van der Waals surface area (Å²) in [5.74, 6) is 0.610. The van der Waals surface area contributed by atoms with Crippen LogP contribution in [-0.4, -0.2) is 17.0 Å². The van der Waals surface area contributed by atoms with Gasteiger partial charge >= 0.3 is 0 Å². The molecule has 1 atom stereocenters. The first-order chi connectivity index (χ1) is 6.20. The molecule has 0 aliphatic rings. The molecule has 0 amide bonds. The van der Waals surface area contributed by atoms with E-state index in [1.165, 1.54) is 12.8 Å². The van der Waals surface area contributed by atoms with Crippen molar-refractivity contribution in [2.75, 3.05) is 5.88 Å². The van der Waals surface area contributed by atoms with Crippen LogP contribution in [0.5, 0.6) is 0 Å². The van der Waals surface area contributed by atoms with Crippen LogP contribution in [0, 0.1) is 0 Å². The molecule has 13 heavy (non-hydrogen) atoms. The lowest BCUT2D eigenvalue weighted by atomic mass is 10.1. The highest BCUT2D eigenvalue weighted by Gasteiger charge is 2.08. The summed E-state index contributed by atoms with van der Waals surface area (Å²) in [7, 11) is 0. The Hall–Kier alpha value is 0.250. The Morgan fingerprint density at radius 1 is 1.31 bits per heavy atom. The molecule has 0 heterocycles. The van der Waals surface area contributed by atoms with Gasteiger partial charge in [-0.05, 0) is 6.42 Å². The first-order valence-corrected chi connectivity index (χ1v) is 5.89. The van der Waals surface area contributed by atoms with Crippen molar-refractivity contribution in [2.45, 2.75) is 50.8 Å². The average Bonchev–Trinajstić information content (AvgIpc) is 2.12. The molecule has 0 fully saturated rings. The summed E-state index contributed by atoms with van der Waals surface area (Å²) >= 11 is 11.2. The van der Waals surface area contributed by atoms with E-state index in [1.807, 2.05) is 0 Å². The summed E-state index contributed by atoms with van der Waals surface area (Å²) in [6, 6.07) is 0. The fourth-order valence-electron chi connectivity index (χ4n) is 1.15. The average molecular weight is 225 g/mol. The molecular weight excluding hydrogens is 207 g/mol. The van der Waals surface area contributed by atoms with Crippen LogP contribution in [0.25, 0.3) is 0 Å². The summed E-state index contributed by atoms with van der Waals surface area (Å²) in [5, 5.41) is -0.180. The number of ketones is 1. The van der Waals surface area contributed by atoms with Gasteiger partial charge in [0.1, 0.15) is 5.78 Å². The van der Waals surface area contributed by atoms with E-state index in [9.17, 15) is 4.79 Å². The summed E-state index contributed by atoms with van der Waals surface area (Å²) in [4.78, 5) is 11.2. The number of carbonyl (C=O) groups is 1. The maximum Gasteiger partial charge on any atom is 0.134 e. The second-order valence-corrected chi connectivity index (χ2v) is 4.23. The van der Waals surface area contributed by atoms with Crippen molar-refractivity contribution in [1.82, 2.24) is 0 Å². The molecule has 0 saturated carbocycles. The molecule has 0 aromatic carbocycles. The summed E-state index contributed by atoms with van der Waals surface area (Å²) < 4.78 is 0. The largest absolute Gasteiger partial charge is 0.300 e. The molecule has 0 aromatic rings. The molecule has 0 aliphatic heterocycles. The Balaban J connectivity index is 3.30. The van der Waals surface area contributed by atoms with E-state index in [1.54, 1.807) is 0 Å². The Morgan fingerprint density at radius 3 is 2.54 bits per heavy atom. The van der Waals surface area contributed by atoms with Gasteiger partial charge < -0.3 is 0 Å². The van der Waals surface area contributed by atoms with Crippen LogP contribution in [-0.2, 0) is 4.79 Å². The summed E-state index contributed by atoms with van der Waals surface area (Å²) in [6.45, 7) is 2.16. The molecular formula is C10H18Cl2O. The van der Waals surface area contributed by atoms with Crippen molar-refractivity contribution in [3.63, 3.8) is 0 Å². The smallest absolute Gasteiger partial charge is 0.134 e. The molecule has 1 nitrogen and oxygen atoms in total. The standard InChI is InChI=1S/C10H18Cl2O/c1-2-3-4-5-6-10(13)7-9(12)8-11/h9H,2-8H2,1H3. The van der Waals surface area contributed by atoms with Gasteiger partial charge in [-0.25, -0.2) is 0 Å². The van der Waals surface area contributed by atoms with Gasteiger partial charge in [0.25, 0.3) is 0 Å².